The zero-order valence-corrected chi connectivity index (χ0v) is 15.4. The summed E-state index contributed by atoms with van der Waals surface area (Å²) in [6.45, 7) is 10.2. The SMILES string of the molecule is CCC1CCCN(C(C)(C)CNC(=O)c2csc(CCN)n2)C1. The molecule has 1 unspecified atom stereocenters. The van der Waals surface area contributed by atoms with E-state index in [1.165, 1.54) is 30.6 Å². The van der Waals surface area contributed by atoms with Crippen LogP contribution in [0.3, 0.4) is 0 Å². The van der Waals surface area contributed by atoms with E-state index in [4.69, 9.17) is 5.73 Å². The van der Waals surface area contributed by atoms with E-state index in [9.17, 15) is 4.79 Å². The van der Waals surface area contributed by atoms with Crippen molar-refractivity contribution < 1.29 is 4.79 Å². The molecule has 0 aromatic carbocycles. The number of amides is 1. The smallest absolute Gasteiger partial charge is 0.270 e. The van der Waals surface area contributed by atoms with Gasteiger partial charge in [0.2, 0.25) is 0 Å². The standard InChI is InChI=1S/C17H30N4OS/c1-4-13-6-5-9-21(10-13)17(2,3)12-19-16(22)14-11-23-15(20-14)7-8-18/h11,13H,4-10,12,18H2,1-3H3,(H,19,22). The quantitative estimate of drug-likeness (QED) is 0.800. The van der Waals surface area contributed by atoms with Crippen LogP contribution in [-0.2, 0) is 6.42 Å². The summed E-state index contributed by atoms with van der Waals surface area (Å²) >= 11 is 1.50. The van der Waals surface area contributed by atoms with E-state index in [1.54, 1.807) is 0 Å². The van der Waals surface area contributed by atoms with Crippen molar-refractivity contribution >= 4 is 17.2 Å². The Labute approximate surface area is 143 Å². The molecule has 1 aliphatic rings. The van der Waals surface area contributed by atoms with Crippen LogP contribution in [0.4, 0.5) is 0 Å². The number of hydrogen-bond acceptors (Lipinski definition) is 5. The molecule has 0 spiro atoms. The van der Waals surface area contributed by atoms with Gasteiger partial charge in [0.25, 0.3) is 5.91 Å². The number of likely N-dealkylation sites (tertiary alicyclic amines) is 1. The molecule has 1 saturated heterocycles. The summed E-state index contributed by atoms with van der Waals surface area (Å²) in [6.07, 6.45) is 4.56. The van der Waals surface area contributed by atoms with Crippen molar-refractivity contribution in [2.45, 2.75) is 52.0 Å². The molecule has 2 rings (SSSR count). The summed E-state index contributed by atoms with van der Waals surface area (Å²) in [4.78, 5) is 19.2. The third-order valence-corrected chi connectivity index (χ3v) is 5.69. The molecule has 5 nitrogen and oxygen atoms in total. The van der Waals surface area contributed by atoms with Crippen molar-refractivity contribution in [3.05, 3.63) is 16.1 Å². The molecule has 3 N–H and O–H groups in total. The molecule has 1 amide bonds. The van der Waals surface area contributed by atoms with Crippen LogP contribution < -0.4 is 11.1 Å². The van der Waals surface area contributed by atoms with Crippen molar-refractivity contribution in [2.24, 2.45) is 11.7 Å². The molecule has 1 fully saturated rings. The summed E-state index contributed by atoms with van der Waals surface area (Å²) in [5.74, 6) is 0.706. The van der Waals surface area contributed by atoms with E-state index in [0.717, 1.165) is 30.4 Å². The fourth-order valence-corrected chi connectivity index (χ4v) is 3.89. The third-order valence-electron chi connectivity index (χ3n) is 4.78. The maximum Gasteiger partial charge on any atom is 0.270 e. The Morgan fingerprint density at radius 3 is 3.04 bits per heavy atom. The first kappa shape index (κ1) is 18.4. The molecule has 6 heteroatoms. The predicted octanol–water partition coefficient (Wildman–Crippen LogP) is 2.27. The van der Waals surface area contributed by atoms with E-state index in [-0.39, 0.29) is 11.4 Å². The highest BCUT2D eigenvalue weighted by Gasteiger charge is 2.31. The number of aromatic nitrogens is 1. The van der Waals surface area contributed by atoms with Crippen LogP contribution in [0.2, 0.25) is 0 Å². The van der Waals surface area contributed by atoms with Crippen LogP contribution >= 0.6 is 11.3 Å². The van der Waals surface area contributed by atoms with Crippen molar-refractivity contribution in [3.8, 4) is 0 Å². The first-order chi connectivity index (χ1) is 11.0. The third kappa shape index (κ3) is 4.99. The molecule has 1 aromatic rings. The lowest BCUT2D eigenvalue weighted by Crippen LogP contribution is -2.54. The van der Waals surface area contributed by atoms with Gasteiger partial charge in [0.1, 0.15) is 5.69 Å². The van der Waals surface area contributed by atoms with Gasteiger partial charge in [-0.2, -0.15) is 0 Å². The number of carbonyl (C=O) groups is 1. The monoisotopic (exact) mass is 338 g/mol. The molecule has 0 radical (unpaired) electrons. The molecule has 0 aliphatic carbocycles. The van der Waals surface area contributed by atoms with Crippen LogP contribution in [0.25, 0.3) is 0 Å². The molecule has 0 bridgehead atoms. The van der Waals surface area contributed by atoms with E-state index in [0.29, 0.717) is 18.8 Å². The molecule has 23 heavy (non-hydrogen) atoms. The summed E-state index contributed by atoms with van der Waals surface area (Å²) in [6, 6.07) is 0. The first-order valence-corrected chi connectivity index (χ1v) is 9.52. The second kappa shape index (κ2) is 8.22. The van der Waals surface area contributed by atoms with Crippen molar-refractivity contribution in [1.29, 1.82) is 0 Å². The predicted molar refractivity (Wildman–Crippen MR) is 95.9 cm³/mol. The molecule has 130 valence electrons. The molecule has 1 aromatic heterocycles. The van der Waals surface area contributed by atoms with Crippen LogP contribution in [0.15, 0.2) is 5.38 Å². The Balaban J connectivity index is 1.88. The molecular weight excluding hydrogens is 308 g/mol. The lowest BCUT2D eigenvalue weighted by atomic mass is 9.91. The van der Waals surface area contributed by atoms with E-state index >= 15 is 0 Å². The fraction of sp³-hybridized carbons (Fsp3) is 0.765. The number of nitrogens with zero attached hydrogens (tertiary/aromatic N) is 2. The Bertz CT molecular complexity index is 514. The Hall–Kier alpha value is -0.980. The number of nitrogens with one attached hydrogen (secondary N) is 1. The number of rotatable bonds is 7. The van der Waals surface area contributed by atoms with E-state index in [2.05, 4.69) is 36.0 Å². The highest BCUT2D eigenvalue weighted by molar-refractivity contribution is 7.09. The maximum atomic E-state index is 12.3. The lowest BCUT2D eigenvalue weighted by molar-refractivity contribution is 0.0611. The number of hydrogen-bond donors (Lipinski definition) is 2. The Kier molecular flexibility index (Phi) is 6.56. The minimum absolute atomic E-state index is 0.0282. The average Bonchev–Trinajstić information content (AvgIpc) is 3.02. The fourth-order valence-electron chi connectivity index (χ4n) is 3.10. The highest BCUT2D eigenvalue weighted by atomic mass is 32.1. The number of carbonyl (C=O) groups excluding carboxylic acids is 1. The van der Waals surface area contributed by atoms with Gasteiger partial charge < -0.3 is 11.1 Å². The van der Waals surface area contributed by atoms with E-state index < -0.39 is 0 Å². The van der Waals surface area contributed by atoms with Gasteiger partial charge in [-0.15, -0.1) is 11.3 Å². The van der Waals surface area contributed by atoms with Crippen LogP contribution in [-0.4, -0.2) is 47.5 Å². The van der Waals surface area contributed by atoms with Gasteiger partial charge >= 0.3 is 0 Å². The number of thiazole rings is 1. The minimum atomic E-state index is -0.0818. The highest BCUT2D eigenvalue weighted by Crippen LogP contribution is 2.25. The van der Waals surface area contributed by atoms with Gasteiger partial charge in [0.15, 0.2) is 0 Å². The van der Waals surface area contributed by atoms with Crippen LogP contribution in [0.1, 0.15) is 55.5 Å². The molecule has 1 aliphatic heterocycles. The Morgan fingerprint density at radius 2 is 2.35 bits per heavy atom. The van der Waals surface area contributed by atoms with Crippen molar-refractivity contribution in [2.75, 3.05) is 26.2 Å². The zero-order chi connectivity index (χ0) is 16.9. The summed E-state index contributed by atoms with van der Waals surface area (Å²) < 4.78 is 0. The maximum absolute atomic E-state index is 12.3. The Morgan fingerprint density at radius 1 is 1.57 bits per heavy atom. The van der Waals surface area contributed by atoms with Gasteiger partial charge in [-0.1, -0.05) is 13.3 Å². The first-order valence-electron chi connectivity index (χ1n) is 8.64. The molecular formula is C17H30N4OS. The number of piperidine rings is 1. The summed E-state index contributed by atoms with van der Waals surface area (Å²) in [7, 11) is 0. The largest absolute Gasteiger partial charge is 0.349 e. The zero-order valence-electron chi connectivity index (χ0n) is 14.6. The van der Waals surface area contributed by atoms with Gasteiger partial charge in [0, 0.05) is 30.4 Å². The van der Waals surface area contributed by atoms with Gasteiger partial charge in [-0.3, -0.25) is 9.69 Å². The van der Waals surface area contributed by atoms with E-state index in [1.807, 2.05) is 5.38 Å². The lowest BCUT2D eigenvalue weighted by Gasteiger charge is -2.43. The van der Waals surface area contributed by atoms with Gasteiger partial charge in [0.05, 0.1) is 5.01 Å². The van der Waals surface area contributed by atoms with Crippen LogP contribution in [0, 0.1) is 5.92 Å². The van der Waals surface area contributed by atoms with Gasteiger partial charge in [-0.05, 0) is 45.7 Å². The minimum Gasteiger partial charge on any atom is -0.349 e. The summed E-state index contributed by atoms with van der Waals surface area (Å²) in [5.41, 5.74) is 6.01. The normalized spacial score (nSPS) is 19.7. The topological polar surface area (TPSA) is 71.2 Å². The number of nitrogens with two attached hydrogens (primary N) is 1. The van der Waals surface area contributed by atoms with Gasteiger partial charge in [-0.25, -0.2) is 4.98 Å². The second-order valence-corrected chi connectivity index (χ2v) is 7.97. The van der Waals surface area contributed by atoms with Crippen LogP contribution in [0.5, 0.6) is 0 Å². The molecule has 2 heterocycles. The second-order valence-electron chi connectivity index (χ2n) is 7.02. The van der Waals surface area contributed by atoms with Crippen molar-refractivity contribution in [3.63, 3.8) is 0 Å². The molecule has 1 atom stereocenters. The molecule has 0 saturated carbocycles. The average molecular weight is 339 g/mol. The summed E-state index contributed by atoms with van der Waals surface area (Å²) in [5, 5.41) is 5.81. The van der Waals surface area contributed by atoms with Crippen molar-refractivity contribution in [1.82, 2.24) is 15.2 Å².